The molecule has 0 spiro atoms. The van der Waals surface area contributed by atoms with Crippen LogP contribution >= 0.6 is 0 Å². The number of nitrogens with zero attached hydrogens (tertiary/aromatic N) is 3. The predicted molar refractivity (Wildman–Crippen MR) is 120 cm³/mol. The summed E-state index contributed by atoms with van der Waals surface area (Å²) in [4.78, 5) is 4.93. The Balaban J connectivity index is 1.33. The second kappa shape index (κ2) is 9.54. The number of sulfonamides is 1. The quantitative estimate of drug-likeness (QED) is 0.654. The van der Waals surface area contributed by atoms with E-state index in [-0.39, 0.29) is 10.9 Å². The molecule has 2 aliphatic rings. The highest BCUT2D eigenvalue weighted by Gasteiger charge is 2.35. The number of hydrogen-bond acceptors (Lipinski definition) is 5. The summed E-state index contributed by atoms with van der Waals surface area (Å²) in [5.41, 5.74) is 1.12. The molecule has 2 heterocycles. The summed E-state index contributed by atoms with van der Waals surface area (Å²) in [5, 5.41) is 0. The molecular weight excluding hydrogens is 416 g/mol. The van der Waals surface area contributed by atoms with Gasteiger partial charge in [0.25, 0.3) is 0 Å². The molecular formula is C23H30FN3O3S. The first kappa shape index (κ1) is 22.0. The first-order valence-corrected chi connectivity index (χ1v) is 12.3. The van der Waals surface area contributed by atoms with Crippen LogP contribution in [0.15, 0.2) is 53.4 Å². The van der Waals surface area contributed by atoms with Gasteiger partial charge in [-0.1, -0.05) is 12.1 Å². The molecule has 0 aliphatic carbocycles. The zero-order valence-corrected chi connectivity index (χ0v) is 18.7. The lowest BCUT2D eigenvalue weighted by molar-refractivity contribution is 0.231. The average Bonchev–Trinajstić information content (AvgIpc) is 3.28. The second-order valence-corrected chi connectivity index (χ2v) is 10.0. The third kappa shape index (κ3) is 4.86. The highest BCUT2D eigenvalue weighted by atomic mass is 32.2. The molecule has 0 amide bonds. The Morgan fingerprint density at radius 3 is 2.42 bits per heavy atom. The van der Waals surface area contributed by atoms with Crippen molar-refractivity contribution >= 4 is 15.7 Å². The fourth-order valence-corrected chi connectivity index (χ4v) is 6.31. The second-order valence-electron chi connectivity index (χ2n) is 8.15. The van der Waals surface area contributed by atoms with Crippen molar-refractivity contribution < 1.29 is 17.5 Å². The Kier molecular flexibility index (Phi) is 6.79. The lowest BCUT2D eigenvalue weighted by atomic mass is 10.1. The Hall–Kier alpha value is -2.16. The minimum atomic E-state index is -3.58. The molecule has 4 rings (SSSR count). The van der Waals surface area contributed by atoms with E-state index in [0.717, 1.165) is 63.4 Å². The maximum Gasteiger partial charge on any atom is 0.243 e. The molecule has 0 N–H and O–H groups in total. The SMILES string of the molecule is COc1ccccc1N1CCN(CC[C@H]2CCCN2S(=O)(=O)c2ccc([18F])cc2)CC1. The van der Waals surface area contributed by atoms with Crippen LogP contribution in [0.25, 0.3) is 0 Å². The molecule has 31 heavy (non-hydrogen) atoms. The fourth-order valence-electron chi connectivity index (χ4n) is 4.59. The molecule has 0 saturated carbocycles. The van der Waals surface area contributed by atoms with Crippen molar-refractivity contribution in [2.75, 3.05) is 51.3 Å². The molecule has 2 fully saturated rings. The fraction of sp³-hybridized carbons (Fsp3) is 0.478. The molecule has 2 aromatic carbocycles. The summed E-state index contributed by atoms with van der Waals surface area (Å²) in [6, 6.07) is 13.2. The number of methoxy groups -OCH3 is 1. The van der Waals surface area contributed by atoms with Crippen LogP contribution in [-0.2, 0) is 10.0 Å². The molecule has 0 bridgehead atoms. The minimum absolute atomic E-state index is 0.00213. The van der Waals surface area contributed by atoms with Gasteiger partial charge in [-0.3, -0.25) is 4.90 Å². The monoisotopic (exact) mass is 446 g/mol. The number of hydrogen-bond donors (Lipinski definition) is 0. The van der Waals surface area contributed by atoms with Gasteiger partial charge in [-0.15, -0.1) is 0 Å². The molecule has 8 heteroatoms. The highest BCUT2D eigenvalue weighted by Crippen LogP contribution is 2.30. The minimum Gasteiger partial charge on any atom is -0.495 e. The number of para-hydroxylation sites is 2. The molecule has 2 saturated heterocycles. The van der Waals surface area contributed by atoms with Gasteiger partial charge < -0.3 is 9.64 Å². The first-order chi connectivity index (χ1) is 15.0. The van der Waals surface area contributed by atoms with Crippen LogP contribution in [0.2, 0.25) is 0 Å². The van der Waals surface area contributed by atoms with Gasteiger partial charge in [0.05, 0.1) is 17.7 Å². The summed E-state index contributed by atoms with van der Waals surface area (Å²) in [6.07, 6.45) is 2.56. The van der Waals surface area contributed by atoms with Crippen LogP contribution in [0.5, 0.6) is 5.75 Å². The van der Waals surface area contributed by atoms with Crippen molar-refractivity contribution in [3.63, 3.8) is 0 Å². The van der Waals surface area contributed by atoms with Crippen LogP contribution in [0, 0.1) is 5.82 Å². The van der Waals surface area contributed by atoms with Gasteiger partial charge in [-0.05, 0) is 62.2 Å². The summed E-state index contributed by atoms with van der Waals surface area (Å²) in [5.74, 6) is 0.465. The van der Waals surface area contributed by atoms with Crippen molar-refractivity contribution in [3.8, 4) is 5.75 Å². The third-order valence-corrected chi connectivity index (χ3v) is 8.29. The zero-order valence-electron chi connectivity index (χ0n) is 17.9. The van der Waals surface area contributed by atoms with Crippen molar-refractivity contribution in [1.29, 1.82) is 0 Å². The Bertz CT molecular complexity index is 976. The van der Waals surface area contributed by atoms with Gasteiger partial charge in [0, 0.05) is 38.8 Å². The molecule has 2 aromatic rings. The van der Waals surface area contributed by atoms with E-state index in [1.807, 2.05) is 18.2 Å². The molecule has 0 radical (unpaired) electrons. The van der Waals surface area contributed by atoms with Crippen molar-refractivity contribution in [2.24, 2.45) is 0 Å². The maximum absolute atomic E-state index is 13.2. The van der Waals surface area contributed by atoms with E-state index in [1.54, 1.807) is 11.4 Å². The van der Waals surface area contributed by atoms with Crippen LogP contribution in [0.1, 0.15) is 19.3 Å². The maximum atomic E-state index is 13.2. The largest absolute Gasteiger partial charge is 0.495 e. The van der Waals surface area contributed by atoms with Crippen molar-refractivity contribution in [1.82, 2.24) is 9.21 Å². The van der Waals surface area contributed by atoms with Gasteiger partial charge in [0.15, 0.2) is 0 Å². The van der Waals surface area contributed by atoms with E-state index >= 15 is 0 Å². The van der Waals surface area contributed by atoms with Crippen LogP contribution < -0.4 is 9.64 Å². The van der Waals surface area contributed by atoms with Crippen LogP contribution in [0.4, 0.5) is 10.1 Å². The third-order valence-electron chi connectivity index (χ3n) is 6.32. The van der Waals surface area contributed by atoms with E-state index in [1.165, 1.54) is 24.3 Å². The molecule has 0 unspecified atom stereocenters. The van der Waals surface area contributed by atoms with Gasteiger partial charge in [0.1, 0.15) is 11.6 Å². The van der Waals surface area contributed by atoms with Gasteiger partial charge in [-0.2, -0.15) is 4.31 Å². The Labute approximate surface area is 184 Å². The van der Waals surface area contributed by atoms with E-state index in [2.05, 4.69) is 15.9 Å². The molecule has 0 aromatic heterocycles. The molecule has 6 nitrogen and oxygen atoms in total. The van der Waals surface area contributed by atoms with E-state index in [9.17, 15) is 12.8 Å². The first-order valence-electron chi connectivity index (χ1n) is 10.9. The summed E-state index contributed by atoms with van der Waals surface area (Å²) in [6.45, 7) is 5.13. The van der Waals surface area contributed by atoms with Crippen LogP contribution in [0.3, 0.4) is 0 Å². The van der Waals surface area contributed by atoms with E-state index in [4.69, 9.17) is 4.74 Å². The topological polar surface area (TPSA) is 53.1 Å². The van der Waals surface area contributed by atoms with Gasteiger partial charge in [-0.25, -0.2) is 12.8 Å². The number of anilines is 1. The summed E-state index contributed by atoms with van der Waals surface area (Å²) < 4.78 is 46.4. The normalized spacial score (nSPS) is 20.8. The number of halogens is 1. The zero-order chi connectivity index (χ0) is 21.8. The molecule has 2 aliphatic heterocycles. The van der Waals surface area contributed by atoms with Gasteiger partial charge >= 0.3 is 0 Å². The Morgan fingerprint density at radius 2 is 1.71 bits per heavy atom. The van der Waals surface area contributed by atoms with E-state index in [0.29, 0.717) is 6.54 Å². The van der Waals surface area contributed by atoms with Crippen molar-refractivity contribution in [3.05, 3.63) is 54.3 Å². The highest BCUT2D eigenvalue weighted by molar-refractivity contribution is 7.89. The lowest BCUT2D eigenvalue weighted by Crippen LogP contribution is -2.47. The molecule has 168 valence electrons. The molecule has 1 atom stereocenters. The number of ether oxygens (including phenoxy) is 1. The summed E-state index contributed by atoms with van der Waals surface area (Å²) >= 11 is 0. The smallest absolute Gasteiger partial charge is 0.243 e. The number of rotatable bonds is 7. The predicted octanol–water partition coefficient (Wildman–Crippen LogP) is 3.20. The standard InChI is InChI=1S/C23H30FN3O3S/c1-30-23-7-3-2-6-22(23)26-17-15-25(16-18-26)14-12-20-5-4-13-27(20)31(28,29)21-10-8-19(24)9-11-21/h2-3,6-11,20H,4-5,12-18H2,1H3/t20-/m1/s1/i24-1. The average molecular weight is 447 g/mol. The van der Waals surface area contributed by atoms with Crippen LogP contribution in [-0.4, -0.2) is 70.0 Å². The van der Waals surface area contributed by atoms with Gasteiger partial charge in [0.2, 0.25) is 10.0 Å². The number of piperazine rings is 1. The Morgan fingerprint density at radius 1 is 1.00 bits per heavy atom. The number of benzene rings is 2. The van der Waals surface area contributed by atoms with E-state index < -0.39 is 15.8 Å². The summed E-state index contributed by atoms with van der Waals surface area (Å²) in [7, 11) is -1.89. The van der Waals surface area contributed by atoms with Crippen molar-refractivity contribution in [2.45, 2.75) is 30.2 Å². The lowest BCUT2D eigenvalue weighted by Gasteiger charge is -2.37.